The topological polar surface area (TPSA) is 73.5 Å². The van der Waals surface area contributed by atoms with Gasteiger partial charge in [0.2, 0.25) is 11.8 Å². The highest BCUT2D eigenvalue weighted by Gasteiger charge is 2.27. The maximum Gasteiger partial charge on any atom is 0.225 e. The van der Waals surface area contributed by atoms with Crippen molar-refractivity contribution in [2.75, 3.05) is 29.9 Å². The SMILES string of the molecule is O=C1CC(C(=O)NCc2ccc(Nc3ccc(N4CCC(F)CC4)cc3F)cc2)CN1. The van der Waals surface area contributed by atoms with E-state index < -0.39 is 6.17 Å². The number of benzene rings is 2. The molecule has 2 aromatic carbocycles. The first-order chi connectivity index (χ1) is 15.0. The highest BCUT2D eigenvalue weighted by molar-refractivity contribution is 5.89. The van der Waals surface area contributed by atoms with Crippen LogP contribution in [-0.2, 0) is 16.1 Å². The lowest BCUT2D eigenvalue weighted by molar-refractivity contribution is -0.126. The number of hydrogen-bond donors (Lipinski definition) is 3. The predicted molar refractivity (Wildman–Crippen MR) is 115 cm³/mol. The molecule has 2 amide bonds. The van der Waals surface area contributed by atoms with Gasteiger partial charge in [-0.3, -0.25) is 9.59 Å². The van der Waals surface area contributed by atoms with Gasteiger partial charge in [0, 0.05) is 44.0 Å². The van der Waals surface area contributed by atoms with E-state index in [9.17, 15) is 18.4 Å². The summed E-state index contributed by atoms with van der Waals surface area (Å²) < 4.78 is 27.9. The Bertz CT molecular complexity index is 943. The Morgan fingerprint density at radius 1 is 1.13 bits per heavy atom. The molecule has 2 fully saturated rings. The number of halogens is 2. The fourth-order valence-corrected chi connectivity index (χ4v) is 3.89. The van der Waals surface area contributed by atoms with Gasteiger partial charge in [-0.25, -0.2) is 8.78 Å². The largest absolute Gasteiger partial charge is 0.371 e. The van der Waals surface area contributed by atoms with Crippen molar-refractivity contribution in [2.24, 2.45) is 5.92 Å². The number of rotatable bonds is 6. The van der Waals surface area contributed by atoms with E-state index >= 15 is 0 Å². The van der Waals surface area contributed by atoms with E-state index in [1.807, 2.05) is 35.2 Å². The van der Waals surface area contributed by atoms with Crippen LogP contribution in [0.2, 0.25) is 0 Å². The molecule has 1 unspecified atom stereocenters. The fourth-order valence-electron chi connectivity index (χ4n) is 3.89. The second-order valence-electron chi connectivity index (χ2n) is 8.07. The minimum atomic E-state index is -0.762. The highest BCUT2D eigenvalue weighted by Crippen LogP contribution is 2.27. The highest BCUT2D eigenvalue weighted by atomic mass is 19.1. The van der Waals surface area contributed by atoms with E-state index in [2.05, 4.69) is 16.0 Å². The third-order valence-electron chi connectivity index (χ3n) is 5.79. The molecule has 2 aromatic rings. The zero-order chi connectivity index (χ0) is 21.8. The molecule has 0 aromatic heterocycles. The molecular weight excluding hydrogens is 402 g/mol. The van der Waals surface area contributed by atoms with Crippen molar-refractivity contribution in [3.8, 4) is 0 Å². The average molecular weight is 428 g/mol. The van der Waals surface area contributed by atoms with Crippen LogP contribution in [0.3, 0.4) is 0 Å². The fraction of sp³-hybridized carbons (Fsp3) is 0.391. The number of piperidine rings is 1. The third kappa shape index (κ3) is 5.31. The van der Waals surface area contributed by atoms with Crippen LogP contribution in [0.1, 0.15) is 24.8 Å². The summed E-state index contributed by atoms with van der Waals surface area (Å²) in [6, 6.07) is 12.4. The Kier molecular flexibility index (Phi) is 6.34. The van der Waals surface area contributed by atoms with Crippen molar-refractivity contribution in [1.82, 2.24) is 10.6 Å². The molecule has 0 aliphatic carbocycles. The molecule has 4 rings (SSSR count). The first-order valence-corrected chi connectivity index (χ1v) is 10.6. The first-order valence-electron chi connectivity index (χ1n) is 10.6. The summed E-state index contributed by atoms with van der Waals surface area (Å²) in [5.74, 6) is -0.919. The summed E-state index contributed by atoms with van der Waals surface area (Å²) in [5.41, 5.74) is 2.76. The van der Waals surface area contributed by atoms with Crippen LogP contribution in [0, 0.1) is 11.7 Å². The van der Waals surface area contributed by atoms with E-state index in [4.69, 9.17) is 0 Å². The smallest absolute Gasteiger partial charge is 0.225 e. The first kappa shape index (κ1) is 21.1. The Morgan fingerprint density at radius 2 is 1.87 bits per heavy atom. The van der Waals surface area contributed by atoms with Gasteiger partial charge in [0.25, 0.3) is 0 Å². The van der Waals surface area contributed by atoms with E-state index in [0.717, 1.165) is 16.9 Å². The van der Waals surface area contributed by atoms with Crippen molar-refractivity contribution in [3.63, 3.8) is 0 Å². The van der Waals surface area contributed by atoms with Gasteiger partial charge in [0.15, 0.2) is 0 Å². The molecule has 2 aliphatic rings. The zero-order valence-corrected chi connectivity index (χ0v) is 17.2. The van der Waals surface area contributed by atoms with Crippen molar-refractivity contribution in [2.45, 2.75) is 32.0 Å². The van der Waals surface area contributed by atoms with Crippen LogP contribution in [0.15, 0.2) is 42.5 Å². The molecule has 2 heterocycles. The number of nitrogens with zero attached hydrogens (tertiary/aromatic N) is 1. The summed E-state index contributed by atoms with van der Waals surface area (Å²) in [6.07, 6.45) is 0.420. The van der Waals surface area contributed by atoms with Gasteiger partial charge in [-0.05, 0) is 48.7 Å². The quantitative estimate of drug-likeness (QED) is 0.660. The predicted octanol–water partition coefficient (Wildman–Crippen LogP) is 3.26. The molecule has 3 N–H and O–H groups in total. The Labute approximate surface area is 180 Å². The normalized spacial score (nSPS) is 19.2. The molecule has 2 saturated heterocycles. The number of amides is 2. The maximum absolute atomic E-state index is 14.6. The molecule has 31 heavy (non-hydrogen) atoms. The molecule has 0 saturated carbocycles. The van der Waals surface area contributed by atoms with Crippen LogP contribution >= 0.6 is 0 Å². The molecule has 0 radical (unpaired) electrons. The lowest BCUT2D eigenvalue weighted by Gasteiger charge is -2.30. The molecule has 0 spiro atoms. The molecule has 164 valence electrons. The number of alkyl halides is 1. The van der Waals surface area contributed by atoms with E-state index in [0.29, 0.717) is 44.7 Å². The number of carbonyl (C=O) groups is 2. The summed E-state index contributed by atoms with van der Waals surface area (Å²) in [4.78, 5) is 25.3. The molecular formula is C23H26F2N4O2. The Hall–Kier alpha value is -3.16. The lowest BCUT2D eigenvalue weighted by Crippen LogP contribution is -2.34. The molecule has 1 atom stereocenters. The second kappa shape index (κ2) is 9.32. The van der Waals surface area contributed by atoms with Gasteiger partial charge >= 0.3 is 0 Å². The molecule has 8 heteroatoms. The third-order valence-corrected chi connectivity index (χ3v) is 5.79. The zero-order valence-electron chi connectivity index (χ0n) is 17.2. The Morgan fingerprint density at radius 3 is 2.52 bits per heavy atom. The number of nitrogens with one attached hydrogen (secondary N) is 3. The van der Waals surface area contributed by atoms with E-state index in [1.165, 1.54) is 6.07 Å². The number of hydrogen-bond acceptors (Lipinski definition) is 4. The summed E-state index contributed by atoms with van der Waals surface area (Å²) in [7, 11) is 0. The van der Waals surface area contributed by atoms with Gasteiger partial charge in [0.05, 0.1) is 11.6 Å². The molecule has 2 aliphatic heterocycles. The second-order valence-corrected chi connectivity index (χ2v) is 8.07. The summed E-state index contributed by atoms with van der Waals surface area (Å²) in [6.45, 7) is 1.94. The molecule has 6 nitrogen and oxygen atoms in total. The van der Waals surface area contributed by atoms with Crippen molar-refractivity contribution in [3.05, 3.63) is 53.8 Å². The minimum Gasteiger partial charge on any atom is -0.371 e. The average Bonchev–Trinajstić information content (AvgIpc) is 3.21. The standard InChI is InChI=1S/C23H26F2N4O2/c24-17-7-9-29(10-8-17)19-5-6-21(20(25)12-19)28-18-3-1-15(2-4-18)13-27-23(31)16-11-22(30)26-14-16/h1-6,12,16-17,28H,7-11,13-14H2,(H,26,30)(H,27,31). The molecule has 0 bridgehead atoms. The summed E-state index contributed by atoms with van der Waals surface area (Å²) in [5, 5.41) is 8.56. The van der Waals surface area contributed by atoms with Gasteiger partial charge in [-0.1, -0.05) is 12.1 Å². The number of carbonyl (C=O) groups excluding carboxylic acids is 2. The monoisotopic (exact) mass is 428 g/mol. The lowest BCUT2D eigenvalue weighted by atomic mass is 10.1. The minimum absolute atomic E-state index is 0.0971. The van der Waals surface area contributed by atoms with Crippen LogP contribution in [0.25, 0.3) is 0 Å². The Balaban J connectivity index is 1.31. The summed E-state index contributed by atoms with van der Waals surface area (Å²) >= 11 is 0. The van der Waals surface area contributed by atoms with Crippen LogP contribution < -0.4 is 20.9 Å². The van der Waals surface area contributed by atoms with E-state index in [1.54, 1.807) is 6.07 Å². The number of anilines is 3. The van der Waals surface area contributed by atoms with Crippen LogP contribution in [0.4, 0.5) is 25.8 Å². The van der Waals surface area contributed by atoms with Crippen LogP contribution in [0.5, 0.6) is 0 Å². The van der Waals surface area contributed by atoms with Crippen LogP contribution in [-0.4, -0.2) is 37.6 Å². The van der Waals surface area contributed by atoms with E-state index in [-0.39, 0.29) is 30.0 Å². The van der Waals surface area contributed by atoms with Crippen molar-refractivity contribution >= 4 is 28.9 Å². The van der Waals surface area contributed by atoms with Gasteiger partial charge < -0.3 is 20.9 Å². The maximum atomic E-state index is 14.6. The van der Waals surface area contributed by atoms with Crippen molar-refractivity contribution < 1.29 is 18.4 Å². The van der Waals surface area contributed by atoms with Gasteiger partial charge in [-0.15, -0.1) is 0 Å². The van der Waals surface area contributed by atoms with Gasteiger partial charge in [-0.2, -0.15) is 0 Å². The van der Waals surface area contributed by atoms with Gasteiger partial charge in [0.1, 0.15) is 12.0 Å². The van der Waals surface area contributed by atoms with Crippen molar-refractivity contribution in [1.29, 1.82) is 0 Å².